The van der Waals surface area contributed by atoms with Gasteiger partial charge < -0.3 is 10.2 Å². The lowest BCUT2D eigenvalue weighted by molar-refractivity contribution is 0.0389. The second-order valence-corrected chi connectivity index (χ2v) is 6.55. The minimum Gasteiger partial charge on any atom is -0.332 e. The maximum absolute atomic E-state index is 12.9. The van der Waals surface area contributed by atoms with Crippen molar-refractivity contribution in [1.29, 1.82) is 0 Å². The molecule has 2 unspecified atom stereocenters. The van der Waals surface area contributed by atoms with Crippen LogP contribution in [0.15, 0.2) is 0 Å². The Hall–Kier alpha value is -1.40. The van der Waals surface area contributed by atoms with E-state index in [1.54, 1.807) is 0 Å². The molecule has 3 aliphatic rings. The molecular weight excluding hydrogens is 266 g/mol. The number of fused-ring (bicyclic) bond motifs is 2. The third-order valence-corrected chi connectivity index (χ3v) is 5.21. The summed E-state index contributed by atoms with van der Waals surface area (Å²) in [6.45, 7) is 6.92. The fourth-order valence-corrected chi connectivity index (χ4v) is 4.01. The molecule has 4 heterocycles. The van der Waals surface area contributed by atoms with E-state index in [0.29, 0.717) is 11.7 Å². The maximum Gasteiger partial charge on any atom is 0.275 e. The highest BCUT2D eigenvalue weighted by Gasteiger charge is 2.38. The van der Waals surface area contributed by atoms with E-state index in [1.807, 2.05) is 4.90 Å². The van der Waals surface area contributed by atoms with Crippen LogP contribution in [0.5, 0.6) is 0 Å². The van der Waals surface area contributed by atoms with Crippen molar-refractivity contribution in [3.05, 3.63) is 17.0 Å². The van der Waals surface area contributed by atoms with Crippen molar-refractivity contribution < 1.29 is 4.79 Å². The Balaban J connectivity index is 1.58. The number of piperazine rings is 1. The minimum atomic E-state index is 0.107. The van der Waals surface area contributed by atoms with Crippen LogP contribution < -0.4 is 5.32 Å². The van der Waals surface area contributed by atoms with Crippen LogP contribution in [-0.4, -0.2) is 64.2 Å². The van der Waals surface area contributed by atoms with Crippen LogP contribution in [0.1, 0.15) is 41.5 Å². The van der Waals surface area contributed by atoms with E-state index in [1.165, 1.54) is 19.4 Å². The zero-order chi connectivity index (χ0) is 14.4. The summed E-state index contributed by atoms with van der Waals surface area (Å²) in [5, 5.41) is 10.7. The molecule has 2 saturated heterocycles. The van der Waals surface area contributed by atoms with Crippen LogP contribution >= 0.6 is 0 Å². The van der Waals surface area contributed by atoms with Gasteiger partial charge in [0.15, 0.2) is 5.69 Å². The van der Waals surface area contributed by atoms with Gasteiger partial charge in [0.2, 0.25) is 0 Å². The van der Waals surface area contributed by atoms with Gasteiger partial charge in [-0.25, -0.2) is 0 Å². The fourth-order valence-electron chi connectivity index (χ4n) is 4.01. The largest absolute Gasteiger partial charge is 0.332 e. The number of nitrogens with zero attached hydrogens (tertiary/aromatic N) is 3. The summed E-state index contributed by atoms with van der Waals surface area (Å²) in [5.74, 6) is 0.107. The Bertz CT molecular complexity index is 554. The van der Waals surface area contributed by atoms with Gasteiger partial charge in [0.1, 0.15) is 0 Å². The van der Waals surface area contributed by atoms with Crippen molar-refractivity contribution in [3.63, 3.8) is 0 Å². The van der Waals surface area contributed by atoms with Gasteiger partial charge in [-0.1, -0.05) is 0 Å². The molecule has 2 N–H and O–H groups in total. The Kier molecular flexibility index (Phi) is 3.23. The van der Waals surface area contributed by atoms with Crippen LogP contribution in [0.25, 0.3) is 0 Å². The number of aromatic amines is 1. The standard InChI is InChI=1S/C15H23N5O/c1-10-8-19-6-2-3-11(19)9-20(10)15(21)14-12-7-16-5-4-13(12)17-18-14/h10-11,16H,2-9H2,1H3,(H,17,18). The van der Waals surface area contributed by atoms with Crippen LogP contribution in [0.4, 0.5) is 0 Å². The summed E-state index contributed by atoms with van der Waals surface area (Å²) in [4.78, 5) is 17.5. The molecular formula is C15H23N5O. The molecule has 0 spiro atoms. The van der Waals surface area contributed by atoms with Gasteiger partial charge >= 0.3 is 0 Å². The maximum atomic E-state index is 12.9. The molecule has 3 aliphatic heterocycles. The van der Waals surface area contributed by atoms with Gasteiger partial charge in [-0.15, -0.1) is 0 Å². The third kappa shape index (κ3) is 2.17. The monoisotopic (exact) mass is 289 g/mol. The molecule has 114 valence electrons. The number of H-pyrrole nitrogens is 1. The van der Waals surface area contributed by atoms with Crippen LogP contribution in [-0.2, 0) is 13.0 Å². The van der Waals surface area contributed by atoms with Crippen molar-refractivity contribution in [2.45, 2.75) is 44.8 Å². The number of carbonyl (C=O) groups is 1. The average Bonchev–Trinajstić information content (AvgIpc) is 3.11. The van der Waals surface area contributed by atoms with Gasteiger partial charge in [-0.3, -0.25) is 14.8 Å². The molecule has 2 atom stereocenters. The number of hydrogen-bond acceptors (Lipinski definition) is 4. The van der Waals surface area contributed by atoms with Gasteiger partial charge in [-0.05, 0) is 26.3 Å². The normalized spacial score (nSPS) is 29.3. The van der Waals surface area contributed by atoms with E-state index < -0.39 is 0 Å². The highest BCUT2D eigenvalue weighted by atomic mass is 16.2. The zero-order valence-electron chi connectivity index (χ0n) is 12.6. The number of rotatable bonds is 1. The van der Waals surface area contributed by atoms with E-state index in [-0.39, 0.29) is 11.9 Å². The van der Waals surface area contributed by atoms with E-state index in [9.17, 15) is 4.79 Å². The first kappa shape index (κ1) is 13.3. The van der Waals surface area contributed by atoms with Crippen molar-refractivity contribution in [1.82, 2.24) is 25.3 Å². The smallest absolute Gasteiger partial charge is 0.275 e. The first-order valence-corrected chi connectivity index (χ1v) is 8.06. The highest BCUT2D eigenvalue weighted by molar-refractivity contribution is 5.94. The molecule has 21 heavy (non-hydrogen) atoms. The summed E-state index contributed by atoms with van der Waals surface area (Å²) in [6, 6.07) is 0.828. The first-order chi connectivity index (χ1) is 10.2. The molecule has 0 radical (unpaired) electrons. The number of carbonyl (C=O) groups excluding carboxylic acids is 1. The number of hydrogen-bond donors (Lipinski definition) is 2. The molecule has 0 bridgehead atoms. The lowest BCUT2D eigenvalue weighted by atomic mass is 10.0. The van der Waals surface area contributed by atoms with E-state index >= 15 is 0 Å². The van der Waals surface area contributed by atoms with Gasteiger partial charge in [0.25, 0.3) is 5.91 Å². The predicted octanol–water partition coefficient (Wildman–Crippen LogP) is 0.364. The molecule has 6 heteroatoms. The predicted molar refractivity (Wildman–Crippen MR) is 79.1 cm³/mol. The SMILES string of the molecule is CC1CN2CCCC2CN1C(=O)c1n[nH]c2c1CNCC2. The lowest BCUT2D eigenvalue weighted by Crippen LogP contribution is -2.56. The van der Waals surface area contributed by atoms with Crippen molar-refractivity contribution in [2.75, 3.05) is 26.2 Å². The molecule has 0 saturated carbocycles. The molecule has 0 aliphatic carbocycles. The molecule has 2 fully saturated rings. The quantitative estimate of drug-likeness (QED) is 0.784. The Labute approximate surface area is 124 Å². The summed E-state index contributed by atoms with van der Waals surface area (Å²) in [5.41, 5.74) is 2.84. The Morgan fingerprint density at radius 1 is 1.38 bits per heavy atom. The molecule has 6 nitrogen and oxygen atoms in total. The van der Waals surface area contributed by atoms with Gasteiger partial charge in [-0.2, -0.15) is 5.10 Å². The van der Waals surface area contributed by atoms with Crippen LogP contribution in [0, 0.1) is 0 Å². The number of amides is 1. The molecule has 1 aromatic rings. The van der Waals surface area contributed by atoms with Crippen molar-refractivity contribution in [2.24, 2.45) is 0 Å². The van der Waals surface area contributed by atoms with E-state index in [0.717, 1.165) is 43.9 Å². The summed E-state index contributed by atoms with van der Waals surface area (Å²) >= 11 is 0. The lowest BCUT2D eigenvalue weighted by Gasteiger charge is -2.42. The van der Waals surface area contributed by atoms with Crippen molar-refractivity contribution in [3.8, 4) is 0 Å². The van der Waals surface area contributed by atoms with Gasteiger partial charge in [0, 0.05) is 55.9 Å². The highest BCUT2D eigenvalue weighted by Crippen LogP contribution is 2.26. The summed E-state index contributed by atoms with van der Waals surface area (Å²) < 4.78 is 0. The molecule has 1 amide bonds. The second-order valence-electron chi connectivity index (χ2n) is 6.55. The van der Waals surface area contributed by atoms with E-state index in [4.69, 9.17) is 0 Å². The molecule has 4 rings (SSSR count). The topological polar surface area (TPSA) is 64.3 Å². The Morgan fingerprint density at radius 2 is 2.29 bits per heavy atom. The minimum absolute atomic E-state index is 0.107. The van der Waals surface area contributed by atoms with Crippen LogP contribution in [0.2, 0.25) is 0 Å². The number of aromatic nitrogens is 2. The zero-order valence-corrected chi connectivity index (χ0v) is 12.6. The van der Waals surface area contributed by atoms with Crippen molar-refractivity contribution >= 4 is 5.91 Å². The molecule has 0 aromatic carbocycles. The summed E-state index contributed by atoms with van der Waals surface area (Å²) in [6.07, 6.45) is 3.42. The fraction of sp³-hybridized carbons (Fsp3) is 0.733. The second kappa shape index (κ2) is 5.10. The molecule has 1 aromatic heterocycles. The first-order valence-electron chi connectivity index (χ1n) is 8.06. The van der Waals surface area contributed by atoms with Crippen LogP contribution in [0.3, 0.4) is 0 Å². The summed E-state index contributed by atoms with van der Waals surface area (Å²) in [7, 11) is 0. The average molecular weight is 289 g/mol. The Morgan fingerprint density at radius 3 is 3.19 bits per heavy atom. The third-order valence-electron chi connectivity index (χ3n) is 5.21. The number of nitrogens with one attached hydrogen (secondary N) is 2. The van der Waals surface area contributed by atoms with E-state index in [2.05, 4.69) is 27.3 Å². The van der Waals surface area contributed by atoms with Gasteiger partial charge in [0.05, 0.1) is 0 Å².